The zero-order valence-corrected chi connectivity index (χ0v) is 16.2. The molecule has 8 heteroatoms. The van der Waals surface area contributed by atoms with Crippen molar-refractivity contribution in [1.29, 1.82) is 0 Å². The fraction of sp³-hybridized carbons (Fsp3) is 0.421. The van der Waals surface area contributed by atoms with Crippen molar-refractivity contribution in [2.24, 2.45) is 0 Å². The fourth-order valence-corrected chi connectivity index (χ4v) is 2.71. The van der Waals surface area contributed by atoms with E-state index in [9.17, 15) is 14.4 Å². The van der Waals surface area contributed by atoms with E-state index in [4.69, 9.17) is 9.47 Å². The summed E-state index contributed by atoms with van der Waals surface area (Å²) in [5, 5.41) is 5.51. The van der Waals surface area contributed by atoms with Gasteiger partial charge >= 0.3 is 12.0 Å². The second-order valence-corrected chi connectivity index (χ2v) is 6.50. The van der Waals surface area contributed by atoms with Gasteiger partial charge in [-0.2, -0.15) is 0 Å². The second-order valence-electron chi connectivity index (χ2n) is 6.50. The van der Waals surface area contributed by atoms with Gasteiger partial charge < -0.3 is 25.0 Å². The third-order valence-corrected chi connectivity index (χ3v) is 4.12. The first kappa shape index (κ1) is 20.4. The van der Waals surface area contributed by atoms with Gasteiger partial charge in [0.1, 0.15) is 6.61 Å². The van der Waals surface area contributed by atoms with Gasteiger partial charge in [-0.05, 0) is 38.5 Å². The molecule has 1 aromatic carbocycles. The number of hydrogen-bond donors (Lipinski definition) is 2. The highest BCUT2D eigenvalue weighted by atomic mass is 16.5. The highest BCUT2D eigenvalue weighted by Gasteiger charge is 2.35. The number of allylic oxidation sites excluding steroid dienone is 1. The minimum Gasteiger partial charge on any atom is -0.459 e. The number of carbonyl (C=O) groups excluding carboxylic acids is 3. The van der Waals surface area contributed by atoms with Crippen molar-refractivity contribution in [3.8, 4) is 0 Å². The molecular formula is C19H25N3O5. The van der Waals surface area contributed by atoms with Crippen LogP contribution in [0.4, 0.5) is 10.5 Å². The molecule has 27 heavy (non-hydrogen) atoms. The highest BCUT2D eigenvalue weighted by Crippen LogP contribution is 2.31. The number of benzene rings is 1. The average molecular weight is 375 g/mol. The predicted octanol–water partition coefficient (Wildman–Crippen LogP) is 2.19. The molecule has 1 aliphatic heterocycles. The minimum absolute atomic E-state index is 0.0418. The van der Waals surface area contributed by atoms with Crippen LogP contribution in [0.15, 0.2) is 35.5 Å². The topological polar surface area (TPSA) is 97.0 Å². The molecule has 0 radical (unpaired) electrons. The van der Waals surface area contributed by atoms with Gasteiger partial charge in [-0.25, -0.2) is 9.59 Å². The molecule has 0 unspecified atom stereocenters. The number of urea groups is 1. The number of rotatable bonds is 6. The Kier molecular flexibility index (Phi) is 6.57. The van der Waals surface area contributed by atoms with Crippen molar-refractivity contribution in [3.05, 3.63) is 41.1 Å². The Morgan fingerprint density at radius 2 is 1.89 bits per heavy atom. The zero-order valence-electron chi connectivity index (χ0n) is 16.2. The lowest BCUT2D eigenvalue weighted by molar-refractivity contribution is -0.143. The molecule has 1 atom stereocenters. The molecule has 146 valence electrons. The van der Waals surface area contributed by atoms with E-state index in [1.54, 1.807) is 52.1 Å². The van der Waals surface area contributed by atoms with E-state index < -0.39 is 12.0 Å². The lowest BCUT2D eigenvalue weighted by Gasteiger charge is -2.33. The normalized spacial score (nSPS) is 17.0. The number of anilines is 1. The van der Waals surface area contributed by atoms with E-state index in [1.807, 2.05) is 0 Å². The molecule has 0 saturated heterocycles. The maximum absolute atomic E-state index is 12.6. The first-order valence-corrected chi connectivity index (χ1v) is 8.59. The Morgan fingerprint density at radius 3 is 2.44 bits per heavy atom. The molecule has 0 aromatic heterocycles. The van der Waals surface area contributed by atoms with Gasteiger partial charge in [0.15, 0.2) is 0 Å². The number of carbonyl (C=O) groups is 3. The summed E-state index contributed by atoms with van der Waals surface area (Å²) in [5.41, 5.74) is 2.21. The molecule has 8 nitrogen and oxygen atoms in total. The lowest BCUT2D eigenvalue weighted by Crippen LogP contribution is -2.46. The van der Waals surface area contributed by atoms with Gasteiger partial charge in [-0.3, -0.25) is 4.79 Å². The average Bonchev–Trinajstić information content (AvgIpc) is 2.59. The summed E-state index contributed by atoms with van der Waals surface area (Å²) in [4.78, 5) is 37.8. The Bertz CT molecular complexity index is 755. The van der Waals surface area contributed by atoms with E-state index in [0.29, 0.717) is 22.5 Å². The number of amides is 3. The van der Waals surface area contributed by atoms with Gasteiger partial charge in [0.25, 0.3) is 0 Å². The molecular weight excluding hydrogens is 350 g/mol. The molecule has 2 N–H and O–H groups in total. The summed E-state index contributed by atoms with van der Waals surface area (Å²) in [5.74, 6) is -0.744. The maximum atomic E-state index is 12.6. The van der Waals surface area contributed by atoms with Crippen molar-refractivity contribution in [3.63, 3.8) is 0 Å². The number of nitrogens with zero attached hydrogens (tertiary/aromatic N) is 1. The second kappa shape index (κ2) is 8.68. The van der Waals surface area contributed by atoms with Gasteiger partial charge in [-0.15, -0.1) is 0 Å². The van der Waals surface area contributed by atoms with E-state index in [1.165, 1.54) is 12.0 Å². The van der Waals surface area contributed by atoms with Gasteiger partial charge in [0, 0.05) is 25.5 Å². The van der Waals surface area contributed by atoms with Crippen LogP contribution in [0.3, 0.4) is 0 Å². The number of ether oxygens (including phenoxy) is 2. The third-order valence-electron chi connectivity index (χ3n) is 4.12. The summed E-state index contributed by atoms with van der Waals surface area (Å²) >= 11 is 0. The summed E-state index contributed by atoms with van der Waals surface area (Å²) in [6.45, 7) is 5.21. The SMILES string of the molecule is COCC(=O)Nc1ccc([C@H]2NC(=O)N(C)C(C)=C2C(=O)OC(C)C)cc1. The molecule has 0 fully saturated rings. The molecule has 0 spiro atoms. The number of hydrogen-bond acceptors (Lipinski definition) is 5. The van der Waals surface area contributed by atoms with Crippen molar-refractivity contribution < 1.29 is 23.9 Å². The number of methoxy groups -OCH3 is 1. The molecule has 2 rings (SSSR count). The van der Waals surface area contributed by atoms with Crippen molar-refractivity contribution in [1.82, 2.24) is 10.2 Å². The van der Waals surface area contributed by atoms with Crippen LogP contribution in [0.1, 0.15) is 32.4 Å². The molecule has 1 heterocycles. The Labute approximate surface area is 158 Å². The van der Waals surface area contributed by atoms with E-state index in [0.717, 1.165) is 0 Å². The van der Waals surface area contributed by atoms with Crippen LogP contribution in [0, 0.1) is 0 Å². The Balaban J connectivity index is 2.32. The van der Waals surface area contributed by atoms with Crippen LogP contribution in [0.2, 0.25) is 0 Å². The van der Waals surface area contributed by atoms with Crippen LogP contribution < -0.4 is 10.6 Å². The van der Waals surface area contributed by atoms with Crippen LogP contribution in [0.5, 0.6) is 0 Å². The quantitative estimate of drug-likeness (QED) is 0.743. The number of esters is 1. The molecule has 3 amide bonds. The zero-order chi connectivity index (χ0) is 20.1. The summed E-state index contributed by atoms with van der Waals surface area (Å²) < 4.78 is 10.1. The largest absolute Gasteiger partial charge is 0.459 e. The van der Waals surface area contributed by atoms with Gasteiger partial charge in [0.05, 0.1) is 17.7 Å². The van der Waals surface area contributed by atoms with E-state index in [2.05, 4.69) is 10.6 Å². The smallest absolute Gasteiger partial charge is 0.338 e. The van der Waals surface area contributed by atoms with Gasteiger partial charge in [-0.1, -0.05) is 12.1 Å². The first-order chi connectivity index (χ1) is 12.7. The molecule has 1 aromatic rings. The fourth-order valence-electron chi connectivity index (χ4n) is 2.71. The van der Waals surface area contributed by atoms with Crippen LogP contribution in [-0.2, 0) is 19.1 Å². The minimum atomic E-state index is -0.635. The Morgan fingerprint density at radius 1 is 1.26 bits per heavy atom. The predicted molar refractivity (Wildman–Crippen MR) is 99.9 cm³/mol. The van der Waals surface area contributed by atoms with Crippen LogP contribution >= 0.6 is 0 Å². The van der Waals surface area contributed by atoms with Crippen LogP contribution in [0.25, 0.3) is 0 Å². The summed E-state index contributed by atoms with van der Waals surface area (Å²) in [6, 6.07) is 5.95. The Hall–Kier alpha value is -2.87. The number of nitrogens with one attached hydrogen (secondary N) is 2. The first-order valence-electron chi connectivity index (χ1n) is 8.59. The van der Waals surface area contributed by atoms with Crippen LogP contribution in [-0.4, -0.2) is 49.7 Å². The van der Waals surface area contributed by atoms with Crippen molar-refractivity contribution in [2.75, 3.05) is 26.1 Å². The van der Waals surface area contributed by atoms with E-state index >= 15 is 0 Å². The maximum Gasteiger partial charge on any atom is 0.338 e. The molecule has 0 aliphatic carbocycles. The highest BCUT2D eigenvalue weighted by molar-refractivity contribution is 5.95. The lowest BCUT2D eigenvalue weighted by atomic mass is 9.95. The monoisotopic (exact) mass is 375 g/mol. The van der Waals surface area contributed by atoms with Gasteiger partial charge in [0.2, 0.25) is 5.91 Å². The molecule has 0 bridgehead atoms. The summed E-state index contributed by atoms with van der Waals surface area (Å²) in [6.07, 6.45) is -0.278. The third kappa shape index (κ3) is 4.85. The molecule has 1 aliphatic rings. The van der Waals surface area contributed by atoms with Crippen molar-refractivity contribution >= 4 is 23.6 Å². The van der Waals surface area contributed by atoms with Crippen molar-refractivity contribution in [2.45, 2.75) is 32.9 Å². The molecule has 0 saturated carbocycles. The standard InChI is InChI=1S/C19H25N3O5/c1-11(2)27-18(24)16-12(3)22(4)19(25)21-17(16)13-6-8-14(9-7-13)20-15(23)10-26-5/h6-9,11,17H,10H2,1-5H3,(H,20,23)(H,21,25)/t17-/m1/s1. The van der Waals surface area contributed by atoms with E-state index in [-0.39, 0.29) is 24.6 Å². The summed E-state index contributed by atoms with van der Waals surface area (Å²) in [7, 11) is 3.04.